The molecule has 0 aromatic rings. The maximum atomic E-state index is 10.7. The number of rotatable bonds is 2. The van der Waals surface area contributed by atoms with Gasteiger partial charge in [0.15, 0.2) is 15.7 Å². The highest BCUT2D eigenvalue weighted by Crippen LogP contribution is 2.19. The Labute approximate surface area is 66.0 Å². The summed E-state index contributed by atoms with van der Waals surface area (Å²) in [5.74, 6) is 0.111. The van der Waals surface area contributed by atoms with Crippen LogP contribution < -0.4 is 0 Å². The molecule has 0 amide bonds. The number of nitrogens with one attached hydrogen (secondary N) is 1. The van der Waals surface area contributed by atoms with Crippen molar-refractivity contribution in [1.82, 2.24) is 0 Å². The summed E-state index contributed by atoms with van der Waals surface area (Å²) in [6.45, 7) is 2.22. The lowest BCUT2D eigenvalue weighted by Gasteiger charge is -2.25. The number of hydrogen-bond acceptors (Lipinski definition) is 4. The molecule has 1 aliphatic heterocycles. The second-order valence-electron chi connectivity index (χ2n) is 2.57. The van der Waals surface area contributed by atoms with Crippen LogP contribution in [0.3, 0.4) is 0 Å². The summed E-state index contributed by atoms with van der Waals surface area (Å²) in [6, 6.07) is 0. The Kier molecular flexibility index (Phi) is 2.17. The molecule has 0 saturated carbocycles. The van der Waals surface area contributed by atoms with Gasteiger partial charge in [-0.25, -0.2) is 8.42 Å². The van der Waals surface area contributed by atoms with Gasteiger partial charge in [0.25, 0.3) is 0 Å². The molecule has 0 aromatic heterocycles. The topological polar surface area (TPSA) is 67.2 Å². The lowest BCUT2D eigenvalue weighted by atomic mass is 10.2. The van der Waals surface area contributed by atoms with Gasteiger partial charge < -0.3 is 4.74 Å². The van der Waals surface area contributed by atoms with Crippen molar-refractivity contribution < 1.29 is 13.2 Å². The minimum Gasteiger partial charge on any atom is -0.481 e. The number of hydrogen-bond donors (Lipinski definition) is 1. The highest BCUT2D eigenvalue weighted by Gasteiger charge is 2.37. The van der Waals surface area contributed by atoms with Gasteiger partial charge in [0.2, 0.25) is 0 Å². The van der Waals surface area contributed by atoms with E-state index in [0.717, 1.165) is 0 Å². The largest absolute Gasteiger partial charge is 0.481 e. The molecule has 64 valence electrons. The van der Waals surface area contributed by atoms with E-state index in [0.29, 0.717) is 6.61 Å². The first-order valence-corrected chi connectivity index (χ1v) is 5.29. The smallest absolute Gasteiger partial charge is 0.185 e. The highest BCUT2D eigenvalue weighted by atomic mass is 32.2. The van der Waals surface area contributed by atoms with Crippen molar-refractivity contribution in [3.63, 3.8) is 0 Å². The summed E-state index contributed by atoms with van der Waals surface area (Å²) in [4.78, 5) is 0. The normalized spacial score (nSPS) is 22.3. The van der Waals surface area contributed by atoms with Crippen LogP contribution in [0.5, 0.6) is 0 Å². The summed E-state index contributed by atoms with van der Waals surface area (Å²) >= 11 is 0. The van der Waals surface area contributed by atoms with Gasteiger partial charge in [0.05, 0.1) is 24.0 Å². The van der Waals surface area contributed by atoms with Crippen molar-refractivity contribution in [3.8, 4) is 0 Å². The SMILES string of the molecule is CCOC(=N)C1CS(=O)(=O)C1. The average Bonchev–Trinajstić information content (AvgIpc) is 1.83. The van der Waals surface area contributed by atoms with Gasteiger partial charge in [0, 0.05) is 0 Å². The maximum Gasteiger partial charge on any atom is 0.185 e. The summed E-state index contributed by atoms with van der Waals surface area (Å²) < 4.78 is 26.2. The quantitative estimate of drug-likeness (QED) is 0.478. The van der Waals surface area contributed by atoms with Gasteiger partial charge in [-0.1, -0.05) is 0 Å². The standard InChI is InChI=1S/C6H11NO3S/c1-2-10-6(7)5-3-11(8,9)4-5/h5,7H,2-4H2,1H3. The fourth-order valence-electron chi connectivity index (χ4n) is 0.989. The van der Waals surface area contributed by atoms with Crippen LogP contribution >= 0.6 is 0 Å². The third kappa shape index (κ3) is 1.92. The first-order valence-electron chi connectivity index (χ1n) is 3.47. The molecule has 4 nitrogen and oxygen atoms in total. The molecule has 0 aliphatic carbocycles. The molecule has 0 bridgehead atoms. The van der Waals surface area contributed by atoms with E-state index in [1.165, 1.54) is 0 Å². The molecule has 1 N–H and O–H groups in total. The summed E-state index contributed by atoms with van der Waals surface area (Å²) in [7, 11) is -2.81. The third-order valence-corrected chi connectivity index (χ3v) is 3.40. The van der Waals surface area contributed by atoms with E-state index in [9.17, 15) is 8.42 Å². The van der Waals surface area contributed by atoms with Crippen molar-refractivity contribution in [1.29, 1.82) is 5.41 Å². The minimum absolute atomic E-state index is 0.0891. The molecule has 0 spiro atoms. The maximum absolute atomic E-state index is 10.7. The minimum atomic E-state index is -2.81. The fraction of sp³-hybridized carbons (Fsp3) is 0.833. The van der Waals surface area contributed by atoms with E-state index in [1.807, 2.05) is 0 Å². The Hall–Kier alpha value is -0.580. The zero-order valence-electron chi connectivity index (χ0n) is 6.33. The Balaban J connectivity index is 2.38. The number of sulfone groups is 1. The molecule has 1 heterocycles. The van der Waals surface area contributed by atoms with Gasteiger partial charge in [-0.3, -0.25) is 5.41 Å². The molecule has 5 heteroatoms. The second-order valence-corrected chi connectivity index (χ2v) is 4.72. The van der Waals surface area contributed by atoms with Crippen LogP contribution in [0.4, 0.5) is 0 Å². The van der Waals surface area contributed by atoms with Crippen LogP contribution in [0.1, 0.15) is 6.92 Å². The summed E-state index contributed by atoms with van der Waals surface area (Å²) in [5.41, 5.74) is 0. The molecule has 1 fully saturated rings. The lowest BCUT2D eigenvalue weighted by molar-refractivity contribution is 0.300. The fourth-order valence-corrected chi connectivity index (χ4v) is 2.42. The molecule has 0 atom stereocenters. The van der Waals surface area contributed by atoms with Crippen LogP contribution in [0, 0.1) is 11.3 Å². The van der Waals surface area contributed by atoms with Crippen molar-refractivity contribution >= 4 is 15.7 Å². The Bertz CT molecular complexity index is 245. The van der Waals surface area contributed by atoms with Crippen molar-refractivity contribution in [3.05, 3.63) is 0 Å². The zero-order chi connectivity index (χ0) is 8.48. The van der Waals surface area contributed by atoms with Crippen molar-refractivity contribution in [2.24, 2.45) is 5.92 Å². The molecule has 1 saturated heterocycles. The molecule has 0 radical (unpaired) electrons. The molecule has 11 heavy (non-hydrogen) atoms. The third-order valence-electron chi connectivity index (χ3n) is 1.58. The Morgan fingerprint density at radius 2 is 2.18 bits per heavy atom. The highest BCUT2D eigenvalue weighted by molar-refractivity contribution is 7.92. The van der Waals surface area contributed by atoms with Gasteiger partial charge in [-0.05, 0) is 6.92 Å². The van der Waals surface area contributed by atoms with Gasteiger partial charge in [-0.15, -0.1) is 0 Å². The monoisotopic (exact) mass is 177 g/mol. The predicted octanol–water partition coefficient (Wildman–Crippen LogP) is 0.0448. The lowest BCUT2D eigenvalue weighted by Crippen LogP contribution is -2.42. The van der Waals surface area contributed by atoms with Crippen LogP contribution in [0.25, 0.3) is 0 Å². The molecule has 1 rings (SSSR count). The Morgan fingerprint density at radius 1 is 1.64 bits per heavy atom. The van der Waals surface area contributed by atoms with Crippen LogP contribution in [0.15, 0.2) is 0 Å². The molecule has 0 aromatic carbocycles. The van der Waals surface area contributed by atoms with E-state index in [2.05, 4.69) is 0 Å². The van der Waals surface area contributed by atoms with Gasteiger partial charge in [0.1, 0.15) is 0 Å². The molecular weight excluding hydrogens is 166 g/mol. The molecule has 0 unspecified atom stereocenters. The first kappa shape index (κ1) is 8.52. The van der Waals surface area contributed by atoms with Gasteiger partial charge in [-0.2, -0.15) is 0 Å². The van der Waals surface area contributed by atoms with Crippen LogP contribution in [-0.2, 0) is 14.6 Å². The van der Waals surface area contributed by atoms with Crippen LogP contribution in [0.2, 0.25) is 0 Å². The van der Waals surface area contributed by atoms with E-state index in [-0.39, 0.29) is 23.3 Å². The second kappa shape index (κ2) is 2.81. The zero-order valence-corrected chi connectivity index (χ0v) is 7.15. The van der Waals surface area contributed by atoms with Gasteiger partial charge >= 0.3 is 0 Å². The van der Waals surface area contributed by atoms with E-state index < -0.39 is 9.84 Å². The summed E-state index contributed by atoms with van der Waals surface area (Å²) in [5, 5.41) is 7.24. The average molecular weight is 177 g/mol. The number of ether oxygens (including phenoxy) is 1. The molecular formula is C6H11NO3S. The van der Waals surface area contributed by atoms with E-state index >= 15 is 0 Å². The van der Waals surface area contributed by atoms with E-state index in [1.54, 1.807) is 6.92 Å². The van der Waals surface area contributed by atoms with E-state index in [4.69, 9.17) is 10.1 Å². The Morgan fingerprint density at radius 3 is 2.55 bits per heavy atom. The van der Waals surface area contributed by atoms with Crippen molar-refractivity contribution in [2.75, 3.05) is 18.1 Å². The molecule has 1 aliphatic rings. The van der Waals surface area contributed by atoms with Crippen LogP contribution in [-0.4, -0.2) is 32.4 Å². The predicted molar refractivity (Wildman–Crippen MR) is 41.5 cm³/mol. The summed E-state index contributed by atoms with van der Waals surface area (Å²) in [6.07, 6.45) is 0. The first-order chi connectivity index (χ1) is 5.05. The van der Waals surface area contributed by atoms with Crippen molar-refractivity contribution in [2.45, 2.75) is 6.92 Å².